The van der Waals surface area contributed by atoms with Crippen molar-refractivity contribution in [1.82, 2.24) is 4.90 Å². The van der Waals surface area contributed by atoms with Crippen molar-refractivity contribution in [2.24, 2.45) is 4.52 Å². The van der Waals surface area contributed by atoms with E-state index in [0.717, 1.165) is 23.4 Å². The molecule has 0 aliphatic rings. The van der Waals surface area contributed by atoms with Gasteiger partial charge in [0.05, 0.1) is 4.90 Å². The standard InChI is InChI=1S/C22H23N5O4S3/c23-25-26-34(30,31)22-12-8-19(9-13-22)17-27(14-15-32-21-4-2-1-3-5-21)16-18-6-10-20(11-7-18)24-33(28)29/h1-13,24H,14-17H2,(H,28,29)/p-1. The van der Waals surface area contributed by atoms with Crippen LogP contribution in [0.2, 0.25) is 0 Å². The quantitative estimate of drug-likeness (QED) is 0.122. The maximum Gasteiger partial charge on any atom is 0.264 e. The van der Waals surface area contributed by atoms with Crippen molar-refractivity contribution in [2.45, 2.75) is 22.9 Å². The van der Waals surface area contributed by atoms with Crippen LogP contribution in [0.1, 0.15) is 11.1 Å². The second kappa shape index (κ2) is 12.6. The van der Waals surface area contributed by atoms with Crippen LogP contribution in [-0.4, -0.2) is 34.4 Å². The largest absolute Gasteiger partial charge is 0.755 e. The first-order chi connectivity index (χ1) is 16.4. The maximum absolute atomic E-state index is 11.9. The van der Waals surface area contributed by atoms with Gasteiger partial charge >= 0.3 is 0 Å². The van der Waals surface area contributed by atoms with Crippen molar-refractivity contribution in [2.75, 3.05) is 17.0 Å². The average molecular weight is 517 g/mol. The van der Waals surface area contributed by atoms with Gasteiger partial charge in [0.15, 0.2) is 0 Å². The summed E-state index contributed by atoms with van der Waals surface area (Å²) in [4.78, 5) is 5.71. The lowest BCUT2D eigenvalue weighted by atomic mass is 10.1. The molecule has 3 rings (SSSR count). The van der Waals surface area contributed by atoms with Crippen molar-refractivity contribution in [3.63, 3.8) is 0 Å². The number of hydrogen-bond acceptors (Lipinski definition) is 6. The third kappa shape index (κ3) is 8.17. The van der Waals surface area contributed by atoms with E-state index in [1.807, 2.05) is 30.3 Å². The van der Waals surface area contributed by atoms with Gasteiger partial charge in [-0.1, -0.05) is 42.5 Å². The lowest BCUT2D eigenvalue weighted by Crippen LogP contribution is -2.25. The number of nitrogens with one attached hydrogen (secondary N) is 1. The molecule has 1 atom stereocenters. The predicted molar refractivity (Wildman–Crippen MR) is 133 cm³/mol. The molecule has 0 amide bonds. The zero-order valence-corrected chi connectivity index (χ0v) is 20.4. The monoisotopic (exact) mass is 516 g/mol. The Morgan fingerprint density at radius 2 is 1.56 bits per heavy atom. The summed E-state index contributed by atoms with van der Waals surface area (Å²) in [5.74, 6) is 0.849. The van der Waals surface area contributed by atoms with Gasteiger partial charge in [-0.05, 0) is 53.1 Å². The van der Waals surface area contributed by atoms with Crippen molar-refractivity contribution >= 4 is 38.7 Å². The van der Waals surface area contributed by atoms with Gasteiger partial charge < -0.3 is 9.27 Å². The van der Waals surface area contributed by atoms with Crippen LogP contribution in [0, 0.1) is 0 Å². The molecular formula is C22H22N5O4S3-. The lowest BCUT2D eigenvalue weighted by Gasteiger charge is -2.23. The first-order valence-corrected chi connectivity index (χ1v) is 13.6. The second-order valence-corrected chi connectivity index (χ2v) is 10.6. The minimum absolute atomic E-state index is 0.0564. The number of hydrogen-bond donors (Lipinski definition) is 1. The normalized spacial score (nSPS) is 12.2. The molecule has 0 heterocycles. The van der Waals surface area contributed by atoms with Crippen LogP contribution in [0.25, 0.3) is 10.4 Å². The molecule has 12 heteroatoms. The number of sulfonamides is 1. The van der Waals surface area contributed by atoms with Crippen LogP contribution in [0.5, 0.6) is 0 Å². The van der Waals surface area contributed by atoms with E-state index < -0.39 is 21.3 Å². The Balaban J connectivity index is 1.71. The summed E-state index contributed by atoms with van der Waals surface area (Å²) in [5, 5.41) is 0. The highest BCUT2D eigenvalue weighted by molar-refractivity contribution is 7.99. The second-order valence-electron chi connectivity index (χ2n) is 7.20. The number of anilines is 1. The fourth-order valence-corrected chi connectivity index (χ4v) is 5.11. The highest BCUT2D eigenvalue weighted by Gasteiger charge is 2.13. The van der Waals surface area contributed by atoms with Gasteiger partial charge in [-0.3, -0.25) is 9.11 Å². The average Bonchev–Trinajstić information content (AvgIpc) is 2.81. The Morgan fingerprint density at radius 3 is 2.12 bits per heavy atom. The van der Waals surface area contributed by atoms with E-state index in [0.29, 0.717) is 18.8 Å². The van der Waals surface area contributed by atoms with Crippen molar-refractivity contribution in [1.29, 1.82) is 0 Å². The van der Waals surface area contributed by atoms with E-state index in [9.17, 15) is 17.2 Å². The minimum atomic E-state index is -4.02. The predicted octanol–water partition coefficient (Wildman–Crippen LogP) is 4.69. The van der Waals surface area contributed by atoms with E-state index in [4.69, 9.17) is 5.53 Å². The van der Waals surface area contributed by atoms with E-state index in [2.05, 4.69) is 31.2 Å². The van der Waals surface area contributed by atoms with Crippen LogP contribution in [0.4, 0.5) is 5.69 Å². The van der Waals surface area contributed by atoms with E-state index in [1.54, 1.807) is 36.0 Å². The van der Waals surface area contributed by atoms with Crippen LogP contribution in [0.3, 0.4) is 0 Å². The number of azide groups is 1. The first kappa shape index (κ1) is 25.8. The van der Waals surface area contributed by atoms with Crippen LogP contribution >= 0.6 is 11.8 Å². The summed E-state index contributed by atoms with van der Waals surface area (Å²) in [7, 11) is -4.02. The highest BCUT2D eigenvalue weighted by Crippen LogP contribution is 2.20. The first-order valence-electron chi connectivity index (χ1n) is 10.1. The molecule has 0 radical (unpaired) electrons. The fraction of sp³-hybridized carbons (Fsp3) is 0.182. The SMILES string of the molecule is [N-]=[N+]=NS(=O)(=O)c1ccc(CN(CCSc2ccccc2)Cc2ccc(NS(=O)[O-])cc2)cc1. The van der Waals surface area contributed by atoms with E-state index in [1.165, 1.54) is 17.0 Å². The van der Waals surface area contributed by atoms with Crippen LogP contribution in [-0.2, 0) is 34.4 Å². The molecule has 0 saturated heterocycles. The van der Waals surface area contributed by atoms with Gasteiger partial charge in [0.1, 0.15) is 0 Å². The zero-order valence-electron chi connectivity index (χ0n) is 18.0. The summed E-state index contributed by atoms with van der Waals surface area (Å²) >= 11 is -0.631. The Morgan fingerprint density at radius 1 is 0.971 bits per heavy atom. The molecule has 0 aliphatic heterocycles. The number of benzene rings is 3. The van der Waals surface area contributed by atoms with Crippen molar-refractivity contribution < 1.29 is 17.2 Å². The van der Waals surface area contributed by atoms with Gasteiger partial charge in [-0.25, -0.2) is 8.42 Å². The molecule has 0 spiro atoms. The molecule has 0 saturated carbocycles. The van der Waals surface area contributed by atoms with Crippen molar-refractivity contribution in [3.05, 3.63) is 100 Å². The van der Waals surface area contributed by atoms with E-state index in [-0.39, 0.29) is 4.90 Å². The topological polar surface area (TPSA) is 138 Å². The molecule has 0 bridgehead atoms. The highest BCUT2D eigenvalue weighted by atomic mass is 32.2. The van der Waals surface area contributed by atoms with E-state index >= 15 is 0 Å². The summed E-state index contributed by atoms with van der Waals surface area (Å²) in [6.07, 6.45) is 0. The Labute approximate surface area is 205 Å². The van der Waals surface area contributed by atoms with Gasteiger partial charge in [0, 0.05) is 56.7 Å². The minimum Gasteiger partial charge on any atom is -0.755 e. The molecule has 3 aromatic carbocycles. The Kier molecular flexibility index (Phi) is 9.52. The molecular weight excluding hydrogens is 494 g/mol. The smallest absolute Gasteiger partial charge is 0.264 e. The zero-order chi connectivity index (χ0) is 24.4. The molecule has 1 unspecified atom stereocenters. The van der Waals surface area contributed by atoms with Gasteiger partial charge in [-0.15, -0.1) is 11.8 Å². The van der Waals surface area contributed by atoms with Crippen molar-refractivity contribution in [3.8, 4) is 0 Å². The summed E-state index contributed by atoms with van der Waals surface area (Å²) in [6, 6.07) is 23.5. The molecule has 0 aromatic heterocycles. The Bertz CT molecular complexity index is 1250. The molecule has 0 fully saturated rings. The Hall–Kier alpha value is -2.86. The lowest BCUT2D eigenvalue weighted by molar-refractivity contribution is 0.274. The molecule has 0 aliphatic carbocycles. The third-order valence-corrected chi connectivity index (χ3v) is 7.30. The molecule has 34 heavy (non-hydrogen) atoms. The summed E-state index contributed by atoms with van der Waals surface area (Å²) in [5.41, 5.74) is 10.8. The van der Waals surface area contributed by atoms with Gasteiger partial charge in [-0.2, -0.15) is 0 Å². The van der Waals surface area contributed by atoms with Crippen LogP contribution in [0.15, 0.2) is 93.2 Å². The molecule has 9 nitrogen and oxygen atoms in total. The summed E-state index contributed by atoms with van der Waals surface area (Å²) < 4.78 is 50.6. The fourth-order valence-electron chi connectivity index (χ4n) is 3.18. The molecule has 3 aromatic rings. The van der Waals surface area contributed by atoms with Crippen LogP contribution < -0.4 is 4.72 Å². The number of nitrogens with zero attached hydrogens (tertiary/aromatic N) is 4. The molecule has 1 N–H and O–H groups in total. The molecule has 178 valence electrons. The van der Waals surface area contributed by atoms with Gasteiger partial charge in [0.25, 0.3) is 10.0 Å². The summed E-state index contributed by atoms with van der Waals surface area (Å²) in [6.45, 7) is 1.96. The maximum atomic E-state index is 11.9. The number of thioether (sulfide) groups is 1. The third-order valence-electron chi connectivity index (χ3n) is 4.75. The van der Waals surface area contributed by atoms with Gasteiger partial charge in [0.2, 0.25) is 0 Å². The number of rotatable bonds is 12.